The summed E-state index contributed by atoms with van der Waals surface area (Å²) in [5.74, 6) is 2.71. The van der Waals surface area contributed by atoms with Crippen molar-refractivity contribution in [3.8, 4) is 17.2 Å². The van der Waals surface area contributed by atoms with Crippen molar-refractivity contribution in [3.05, 3.63) is 59.2 Å². The van der Waals surface area contributed by atoms with E-state index in [0.717, 1.165) is 62.0 Å². The first-order valence-electron chi connectivity index (χ1n) is 11.5. The molecule has 0 unspecified atom stereocenters. The summed E-state index contributed by atoms with van der Waals surface area (Å²) in [5, 5.41) is 9.69. The van der Waals surface area contributed by atoms with Gasteiger partial charge in [-0.1, -0.05) is 18.2 Å². The average molecular weight is 439 g/mol. The van der Waals surface area contributed by atoms with E-state index in [1.54, 1.807) is 7.11 Å². The maximum absolute atomic E-state index is 9.69. The van der Waals surface area contributed by atoms with Crippen LogP contribution in [0.1, 0.15) is 24.5 Å². The maximum Gasteiger partial charge on any atom is 0.127 e. The molecule has 32 heavy (non-hydrogen) atoms. The summed E-state index contributed by atoms with van der Waals surface area (Å²) in [6, 6.07) is 14.5. The first-order valence-corrected chi connectivity index (χ1v) is 11.5. The van der Waals surface area contributed by atoms with Gasteiger partial charge < -0.3 is 19.3 Å². The smallest absolute Gasteiger partial charge is 0.127 e. The summed E-state index contributed by atoms with van der Waals surface area (Å²) in [5.41, 5.74) is 3.55. The summed E-state index contributed by atoms with van der Waals surface area (Å²) in [4.78, 5) is 4.96. The summed E-state index contributed by atoms with van der Waals surface area (Å²) in [7, 11) is 1.68. The molecule has 1 saturated heterocycles. The van der Waals surface area contributed by atoms with E-state index in [9.17, 15) is 5.11 Å². The van der Waals surface area contributed by atoms with Crippen LogP contribution in [0, 0.1) is 0 Å². The summed E-state index contributed by atoms with van der Waals surface area (Å²) >= 11 is 0. The van der Waals surface area contributed by atoms with E-state index in [1.807, 2.05) is 37.3 Å². The zero-order valence-electron chi connectivity index (χ0n) is 19.1. The summed E-state index contributed by atoms with van der Waals surface area (Å²) < 4.78 is 17.2. The Bertz CT molecular complexity index is 930. The van der Waals surface area contributed by atoms with Crippen molar-refractivity contribution in [2.75, 3.05) is 53.1 Å². The molecular weight excluding hydrogens is 404 g/mol. The van der Waals surface area contributed by atoms with Crippen LogP contribution in [0.15, 0.2) is 48.0 Å². The fourth-order valence-corrected chi connectivity index (χ4v) is 4.59. The maximum atomic E-state index is 9.69. The number of nitrogens with zero attached hydrogens (tertiary/aromatic N) is 2. The molecule has 0 amide bonds. The Kier molecular flexibility index (Phi) is 7.68. The van der Waals surface area contributed by atoms with Crippen LogP contribution in [-0.2, 0) is 6.54 Å². The summed E-state index contributed by atoms with van der Waals surface area (Å²) in [6.07, 6.45) is 3.00. The highest BCUT2D eigenvalue weighted by atomic mass is 16.5. The topological polar surface area (TPSA) is 54.4 Å². The van der Waals surface area contributed by atoms with Crippen molar-refractivity contribution < 1.29 is 19.3 Å². The normalized spacial score (nSPS) is 19.1. The SMILES string of the molecule is CCOc1ccccc1CN1CCN(CC2=Cc3cc(OC)ccc3OC2)C[C@@H]1CCO. The van der Waals surface area contributed by atoms with Crippen molar-refractivity contribution in [2.45, 2.75) is 25.9 Å². The third-order valence-corrected chi connectivity index (χ3v) is 6.21. The molecule has 0 aliphatic carbocycles. The van der Waals surface area contributed by atoms with Crippen LogP contribution in [0.2, 0.25) is 0 Å². The van der Waals surface area contributed by atoms with Gasteiger partial charge >= 0.3 is 0 Å². The molecule has 6 heteroatoms. The van der Waals surface area contributed by atoms with Crippen molar-refractivity contribution in [1.29, 1.82) is 0 Å². The molecule has 172 valence electrons. The van der Waals surface area contributed by atoms with Crippen molar-refractivity contribution in [3.63, 3.8) is 0 Å². The molecule has 1 atom stereocenters. The minimum absolute atomic E-state index is 0.196. The highest BCUT2D eigenvalue weighted by Crippen LogP contribution is 2.30. The molecular formula is C26H34N2O4. The lowest BCUT2D eigenvalue weighted by Crippen LogP contribution is -2.53. The van der Waals surface area contributed by atoms with Crippen molar-refractivity contribution in [2.24, 2.45) is 0 Å². The molecule has 6 nitrogen and oxygen atoms in total. The number of para-hydroxylation sites is 1. The van der Waals surface area contributed by atoms with E-state index in [2.05, 4.69) is 28.0 Å². The lowest BCUT2D eigenvalue weighted by Gasteiger charge is -2.42. The zero-order chi connectivity index (χ0) is 22.3. The second-order valence-corrected chi connectivity index (χ2v) is 8.41. The average Bonchev–Trinajstić information content (AvgIpc) is 2.82. The van der Waals surface area contributed by atoms with E-state index in [4.69, 9.17) is 14.2 Å². The van der Waals surface area contributed by atoms with E-state index in [0.29, 0.717) is 19.3 Å². The Morgan fingerprint density at radius 3 is 2.81 bits per heavy atom. The van der Waals surface area contributed by atoms with Crippen LogP contribution < -0.4 is 14.2 Å². The molecule has 1 fully saturated rings. The molecule has 2 heterocycles. The minimum atomic E-state index is 0.196. The monoisotopic (exact) mass is 438 g/mol. The predicted octanol–water partition coefficient (Wildman–Crippen LogP) is 3.44. The number of aliphatic hydroxyl groups is 1. The van der Waals surface area contributed by atoms with Gasteiger partial charge in [-0.15, -0.1) is 0 Å². The fraction of sp³-hybridized carbons (Fsp3) is 0.462. The zero-order valence-corrected chi connectivity index (χ0v) is 19.1. The van der Waals surface area contributed by atoms with Crippen LogP contribution in [0.4, 0.5) is 0 Å². The van der Waals surface area contributed by atoms with E-state index in [-0.39, 0.29) is 6.61 Å². The molecule has 0 saturated carbocycles. The number of aliphatic hydroxyl groups excluding tert-OH is 1. The number of piperazine rings is 1. The third kappa shape index (κ3) is 5.44. The van der Waals surface area contributed by atoms with E-state index in [1.165, 1.54) is 11.1 Å². The number of benzene rings is 2. The molecule has 0 aromatic heterocycles. The van der Waals surface area contributed by atoms with Gasteiger partial charge in [-0.05, 0) is 49.3 Å². The second-order valence-electron chi connectivity index (χ2n) is 8.41. The molecule has 0 radical (unpaired) electrons. The van der Waals surface area contributed by atoms with Crippen LogP contribution in [-0.4, -0.2) is 74.1 Å². The lowest BCUT2D eigenvalue weighted by atomic mass is 10.0. The molecule has 0 spiro atoms. The number of hydrogen-bond donors (Lipinski definition) is 1. The number of fused-ring (bicyclic) bond motifs is 1. The van der Waals surface area contributed by atoms with Gasteiger partial charge in [0.1, 0.15) is 23.9 Å². The minimum Gasteiger partial charge on any atom is -0.497 e. The van der Waals surface area contributed by atoms with E-state index >= 15 is 0 Å². The first kappa shape index (κ1) is 22.6. The van der Waals surface area contributed by atoms with Gasteiger partial charge in [0.2, 0.25) is 0 Å². The number of rotatable bonds is 9. The molecule has 2 aromatic carbocycles. The van der Waals surface area contributed by atoms with Gasteiger partial charge in [0.05, 0.1) is 13.7 Å². The lowest BCUT2D eigenvalue weighted by molar-refractivity contribution is 0.0568. The predicted molar refractivity (Wildman–Crippen MR) is 126 cm³/mol. The Balaban J connectivity index is 1.41. The molecule has 2 aromatic rings. The van der Waals surface area contributed by atoms with Crippen molar-refractivity contribution >= 4 is 6.08 Å². The third-order valence-electron chi connectivity index (χ3n) is 6.21. The Hall–Kier alpha value is -2.54. The fourth-order valence-electron chi connectivity index (χ4n) is 4.59. The molecule has 2 aliphatic rings. The standard InChI is InChI=1S/C26H34N2O4/c1-3-31-25-7-5-4-6-21(25)17-28-12-11-27(18-23(28)10-13-29)16-20-14-22-15-24(30-2)8-9-26(22)32-19-20/h4-9,14-15,23,29H,3,10-13,16-19H2,1-2H3/t23-/m0/s1. The van der Waals surface area contributed by atoms with Crippen LogP contribution >= 0.6 is 0 Å². The Morgan fingerprint density at radius 1 is 1.12 bits per heavy atom. The van der Waals surface area contributed by atoms with Crippen LogP contribution in [0.25, 0.3) is 6.08 Å². The molecule has 4 rings (SSSR count). The van der Waals surface area contributed by atoms with Crippen LogP contribution in [0.3, 0.4) is 0 Å². The molecule has 2 aliphatic heterocycles. The highest BCUT2D eigenvalue weighted by Gasteiger charge is 2.28. The first-order chi connectivity index (χ1) is 15.7. The Morgan fingerprint density at radius 2 is 2.00 bits per heavy atom. The van der Waals surface area contributed by atoms with Gasteiger partial charge in [0.15, 0.2) is 0 Å². The van der Waals surface area contributed by atoms with Crippen molar-refractivity contribution in [1.82, 2.24) is 9.80 Å². The van der Waals surface area contributed by atoms with Gasteiger partial charge in [-0.3, -0.25) is 9.80 Å². The largest absolute Gasteiger partial charge is 0.497 e. The second kappa shape index (κ2) is 10.9. The van der Waals surface area contributed by atoms with E-state index < -0.39 is 0 Å². The highest BCUT2D eigenvalue weighted by molar-refractivity contribution is 5.64. The van der Waals surface area contributed by atoms with Crippen LogP contribution in [0.5, 0.6) is 17.2 Å². The number of ether oxygens (including phenoxy) is 3. The molecule has 0 bridgehead atoms. The Labute approximate surface area is 191 Å². The quantitative estimate of drug-likeness (QED) is 0.647. The summed E-state index contributed by atoms with van der Waals surface area (Å²) in [6.45, 7) is 8.09. The van der Waals surface area contributed by atoms with Gasteiger partial charge in [-0.25, -0.2) is 0 Å². The van der Waals surface area contributed by atoms with Gasteiger partial charge in [0, 0.05) is 56.5 Å². The number of methoxy groups -OCH3 is 1. The number of hydrogen-bond acceptors (Lipinski definition) is 6. The van der Waals surface area contributed by atoms with Gasteiger partial charge in [0.25, 0.3) is 0 Å². The molecule has 1 N–H and O–H groups in total. The van der Waals surface area contributed by atoms with Gasteiger partial charge in [-0.2, -0.15) is 0 Å².